The Morgan fingerprint density at radius 1 is 1.05 bits per heavy atom. The van der Waals surface area contributed by atoms with Gasteiger partial charge in [0, 0.05) is 16.6 Å². The van der Waals surface area contributed by atoms with Crippen LogP contribution >= 0.6 is 28.1 Å². The highest BCUT2D eigenvalue weighted by Crippen LogP contribution is 2.14. The molecule has 0 aliphatic rings. The van der Waals surface area contributed by atoms with Gasteiger partial charge >= 0.3 is 0 Å². The molecule has 1 amide bonds. The number of benzene rings is 1. The second-order valence-electron chi connectivity index (χ2n) is 5.38. The highest BCUT2D eigenvalue weighted by Gasteiger charge is 2.04. The van der Waals surface area contributed by atoms with Crippen molar-refractivity contribution in [1.82, 2.24) is 5.32 Å². The quantitative estimate of drug-likeness (QED) is 0.442. The van der Waals surface area contributed by atoms with Crippen LogP contribution in [0.4, 0.5) is 5.69 Å². The van der Waals surface area contributed by atoms with E-state index in [4.69, 9.17) is 12.2 Å². The van der Waals surface area contributed by atoms with Crippen molar-refractivity contribution < 1.29 is 4.79 Å². The van der Waals surface area contributed by atoms with Gasteiger partial charge in [-0.05, 0) is 42.9 Å². The zero-order valence-corrected chi connectivity index (χ0v) is 15.6. The first-order valence-electron chi connectivity index (χ1n) is 7.98. The number of nitrogens with one attached hydrogen (secondary N) is 2. The van der Waals surface area contributed by atoms with Gasteiger partial charge in [0.15, 0.2) is 5.11 Å². The summed E-state index contributed by atoms with van der Waals surface area (Å²) in [5, 5.41) is 6.08. The molecule has 0 bridgehead atoms. The number of carbonyl (C=O) groups excluding carboxylic acids is 1. The van der Waals surface area contributed by atoms with Gasteiger partial charge in [-0.3, -0.25) is 4.79 Å². The summed E-state index contributed by atoms with van der Waals surface area (Å²) in [7, 11) is 0. The second-order valence-corrected chi connectivity index (χ2v) is 6.70. The van der Waals surface area contributed by atoms with Crippen molar-refractivity contribution in [3.8, 4) is 0 Å². The Morgan fingerprint density at radius 3 is 2.27 bits per heavy atom. The third-order valence-corrected chi connectivity index (χ3v) is 4.10. The molecule has 122 valence electrons. The fraction of sp³-hybridized carbons (Fsp3) is 0.529. The number of hydrogen-bond donors (Lipinski definition) is 2. The Bertz CT molecular complexity index is 462. The molecule has 0 spiro atoms. The lowest BCUT2D eigenvalue weighted by Gasteiger charge is -2.09. The number of amides is 1. The van der Waals surface area contributed by atoms with Crippen LogP contribution in [0, 0.1) is 0 Å². The fourth-order valence-electron chi connectivity index (χ4n) is 2.13. The summed E-state index contributed by atoms with van der Waals surface area (Å²) in [4.78, 5) is 11.8. The standard InChI is InChI=1S/C17H25BrN2OS/c1-2-3-4-5-6-7-8-9-16(21)20-17(22)19-15-12-10-14(18)11-13-15/h10-13H,2-9H2,1H3,(H2,19,20,21,22). The SMILES string of the molecule is CCCCCCCCCC(=O)NC(=S)Nc1ccc(Br)cc1. The highest BCUT2D eigenvalue weighted by atomic mass is 79.9. The largest absolute Gasteiger partial charge is 0.332 e. The Morgan fingerprint density at radius 2 is 1.64 bits per heavy atom. The molecule has 0 saturated heterocycles. The van der Waals surface area contributed by atoms with Gasteiger partial charge in [-0.15, -0.1) is 0 Å². The summed E-state index contributed by atoms with van der Waals surface area (Å²) in [5.41, 5.74) is 0.865. The molecule has 0 fully saturated rings. The number of anilines is 1. The van der Waals surface area contributed by atoms with E-state index in [1.165, 1.54) is 32.1 Å². The minimum atomic E-state index is -0.0110. The minimum absolute atomic E-state index is 0.0110. The summed E-state index contributed by atoms with van der Waals surface area (Å²) < 4.78 is 1.01. The van der Waals surface area contributed by atoms with Crippen LogP contribution in [0.3, 0.4) is 0 Å². The van der Waals surface area contributed by atoms with Crippen LogP contribution in [0.2, 0.25) is 0 Å². The van der Waals surface area contributed by atoms with Gasteiger partial charge in [-0.25, -0.2) is 0 Å². The van der Waals surface area contributed by atoms with E-state index >= 15 is 0 Å². The van der Waals surface area contributed by atoms with E-state index in [0.29, 0.717) is 11.5 Å². The van der Waals surface area contributed by atoms with E-state index in [1.54, 1.807) is 0 Å². The lowest BCUT2D eigenvalue weighted by atomic mass is 10.1. The maximum absolute atomic E-state index is 11.8. The second kappa shape index (κ2) is 11.6. The molecule has 0 aromatic heterocycles. The number of halogens is 1. The molecule has 1 aromatic carbocycles. The van der Waals surface area contributed by atoms with Crippen LogP contribution in [0.25, 0.3) is 0 Å². The molecule has 0 radical (unpaired) electrons. The van der Waals surface area contributed by atoms with Crippen LogP contribution in [-0.4, -0.2) is 11.0 Å². The van der Waals surface area contributed by atoms with Crippen molar-refractivity contribution in [2.75, 3.05) is 5.32 Å². The topological polar surface area (TPSA) is 41.1 Å². The van der Waals surface area contributed by atoms with Crippen LogP contribution in [-0.2, 0) is 4.79 Å². The van der Waals surface area contributed by atoms with Crippen LogP contribution in [0.5, 0.6) is 0 Å². The molecule has 1 aromatic rings. The smallest absolute Gasteiger partial charge is 0.226 e. The first kappa shape index (κ1) is 19.1. The van der Waals surface area contributed by atoms with Crippen molar-refractivity contribution in [2.24, 2.45) is 0 Å². The lowest BCUT2D eigenvalue weighted by molar-refractivity contribution is -0.119. The molecule has 0 unspecified atom stereocenters. The summed E-state index contributed by atoms with van der Waals surface area (Å²) >= 11 is 8.52. The molecule has 3 nitrogen and oxygen atoms in total. The van der Waals surface area contributed by atoms with E-state index in [9.17, 15) is 4.79 Å². The third kappa shape index (κ3) is 9.15. The molecular weight excluding hydrogens is 360 g/mol. The van der Waals surface area contributed by atoms with Crippen LogP contribution in [0.1, 0.15) is 58.3 Å². The monoisotopic (exact) mass is 384 g/mol. The summed E-state index contributed by atoms with van der Waals surface area (Å²) in [5.74, 6) is -0.0110. The molecule has 0 aliphatic heterocycles. The first-order chi connectivity index (χ1) is 10.6. The summed E-state index contributed by atoms with van der Waals surface area (Å²) in [6.07, 6.45) is 8.97. The van der Waals surface area contributed by atoms with E-state index in [-0.39, 0.29) is 5.91 Å². The minimum Gasteiger partial charge on any atom is -0.332 e. The first-order valence-corrected chi connectivity index (χ1v) is 9.18. The van der Waals surface area contributed by atoms with Crippen LogP contribution in [0.15, 0.2) is 28.7 Å². The maximum Gasteiger partial charge on any atom is 0.226 e. The lowest BCUT2D eigenvalue weighted by Crippen LogP contribution is -2.33. The van der Waals surface area contributed by atoms with Crippen molar-refractivity contribution in [3.05, 3.63) is 28.7 Å². The fourth-order valence-corrected chi connectivity index (χ4v) is 2.62. The summed E-state index contributed by atoms with van der Waals surface area (Å²) in [6, 6.07) is 7.65. The Hall–Kier alpha value is -0.940. The Kier molecular flexibility index (Phi) is 10.1. The van der Waals surface area contributed by atoms with Crippen molar-refractivity contribution in [3.63, 3.8) is 0 Å². The number of thiocarbonyl (C=S) groups is 1. The van der Waals surface area contributed by atoms with Gasteiger partial charge in [-0.2, -0.15) is 0 Å². The highest BCUT2D eigenvalue weighted by molar-refractivity contribution is 9.10. The molecule has 5 heteroatoms. The average Bonchev–Trinajstić information content (AvgIpc) is 2.48. The predicted molar refractivity (Wildman–Crippen MR) is 101 cm³/mol. The van der Waals surface area contributed by atoms with E-state index in [1.807, 2.05) is 24.3 Å². The third-order valence-electron chi connectivity index (χ3n) is 3.36. The van der Waals surface area contributed by atoms with Gasteiger partial charge in [0.05, 0.1) is 0 Å². The van der Waals surface area contributed by atoms with Gasteiger partial charge in [-0.1, -0.05) is 61.4 Å². The zero-order chi connectivity index (χ0) is 16.2. The molecule has 0 heterocycles. The Balaban J connectivity index is 2.11. The molecule has 22 heavy (non-hydrogen) atoms. The normalized spacial score (nSPS) is 10.3. The zero-order valence-electron chi connectivity index (χ0n) is 13.2. The van der Waals surface area contributed by atoms with E-state index in [0.717, 1.165) is 23.0 Å². The molecule has 0 aliphatic carbocycles. The van der Waals surface area contributed by atoms with Gasteiger partial charge < -0.3 is 10.6 Å². The number of carbonyl (C=O) groups is 1. The Labute approximate surface area is 147 Å². The van der Waals surface area contributed by atoms with Crippen LogP contribution < -0.4 is 10.6 Å². The van der Waals surface area contributed by atoms with Gasteiger partial charge in [0.2, 0.25) is 5.91 Å². The summed E-state index contributed by atoms with van der Waals surface area (Å²) in [6.45, 7) is 2.22. The number of unbranched alkanes of at least 4 members (excludes halogenated alkanes) is 6. The van der Waals surface area contributed by atoms with Crippen molar-refractivity contribution in [2.45, 2.75) is 58.3 Å². The average molecular weight is 385 g/mol. The maximum atomic E-state index is 11.8. The van der Waals surface area contributed by atoms with Crippen molar-refractivity contribution in [1.29, 1.82) is 0 Å². The molecule has 2 N–H and O–H groups in total. The van der Waals surface area contributed by atoms with Gasteiger partial charge in [0.25, 0.3) is 0 Å². The van der Waals surface area contributed by atoms with Gasteiger partial charge in [0.1, 0.15) is 0 Å². The molecule has 0 atom stereocenters. The predicted octanol–water partition coefficient (Wildman–Crippen LogP) is 5.40. The van der Waals surface area contributed by atoms with Crippen molar-refractivity contribution >= 4 is 44.9 Å². The molecule has 0 saturated carbocycles. The van der Waals surface area contributed by atoms with E-state index < -0.39 is 0 Å². The number of rotatable bonds is 9. The molecular formula is C17H25BrN2OS. The number of hydrogen-bond acceptors (Lipinski definition) is 2. The van der Waals surface area contributed by atoms with E-state index in [2.05, 4.69) is 33.5 Å². The molecule has 1 rings (SSSR count).